The van der Waals surface area contributed by atoms with Crippen LogP contribution in [0.15, 0.2) is 30.6 Å². The number of methoxy groups -OCH3 is 1. The third-order valence-corrected chi connectivity index (χ3v) is 5.78. The van der Waals surface area contributed by atoms with Crippen molar-refractivity contribution in [2.75, 3.05) is 30.5 Å². The number of nitriles is 1. The van der Waals surface area contributed by atoms with Gasteiger partial charge in [0.1, 0.15) is 23.4 Å². The molecule has 0 saturated heterocycles. The first-order chi connectivity index (χ1) is 16.5. The lowest BCUT2D eigenvalue weighted by Crippen LogP contribution is -2.39. The van der Waals surface area contributed by atoms with Crippen LogP contribution in [-0.2, 0) is 24.6 Å². The number of urea groups is 1. The van der Waals surface area contributed by atoms with Crippen molar-refractivity contribution in [3.05, 3.63) is 53.0 Å². The van der Waals surface area contributed by atoms with Crippen LogP contribution in [0, 0.1) is 11.3 Å². The second-order valence-corrected chi connectivity index (χ2v) is 7.98. The van der Waals surface area contributed by atoms with Crippen LogP contribution in [0.3, 0.4) is 0 Å². The summed E-state index contributed by atoms with van der Waals surface area (Å²) in [5.74, 6) is 0.816. The zero-order valence-electron chi connectivity index (χ0n) is 19.1. The van der Waals surface area contributed by atoms with Crippen molar-refractivity contribution >= 4 is 24.0 Å². The fourth-order valence-corrected chi connectivity index (χ4v) is 4.10. The molecule has 0 aromatic carbocycles. The summed E-state index contributed by atoms with van der Waals surface area (Å²) in [4.78, 5) is 35.3. The topological polar surface area (TPSA) is 126 Å². The van der Waals surface area contributed by atoms with Crippen molar-refractivity contribution in [2.24, 2.45) is 7.05 Å². The number of pyridine rings is 2. The van der Waals surface area contributed by atoms with Gasteiger partial charge in [-0.2, -0.15) is 10.4 Å². The van der Waals surface area contributed by atoms with E-state index < -0.39 is 6.03 Å². The number of aryl methyl sites for hydroxylation is 3. The normalized spacial score (nSPS) is 12.7. The van der Waals surface area contributed by atoms with E-state index in [2.05, 4.69) is 26.5 Å². The van der Waals surface area contributed by atoms with Gasteiger partial charge in [-0.3, -0.25) is 19.7 Å². The molecule has 0 atom stereocenters. The van der Waals surface area contributed by atoms with Crippen LogP contribution in [0.25, 0.3) is 11.3 Å². The highest BCUT2D eigenvalue weighted by Crippen LogP contribution is 2.32. The summed E-state index contributed by atoms with van der Waals surface area (Å²) >= 11 is 0. The molecule has 34 heavy (non-hydrogen) atoms. The maximum absolute atomic E-state index is 13.2. The second-order valence-electron chi connectivity index (χ2n) is 7.98. The summed E-state index contributed by atoms with van der Waals surface area (Å²) < 4.78 is 6.78. The fraction of sp³-hybridized carbons (Fsp3) is 0.333. The predicted octanol–water partition coefficient (Wildman–Crippen LogP) is 3.12. The van der Waals surface area contributed by atoms with Crippen molar-refractivity contribution < 1.29 is 14.3 Å². The summed E-state index contributed by atoms with van der Waals surface area (Å²) in [5, 5.41) is 16.4. The number of anilines is 2. The van der Waals surface area contributed by atoms with E-state index in [9.17, 15) is 14.9 Å². The molecule has 10 nitrogen and oxygen atoms in total. The average molecular weight is 460 g/mol. The molecule has 1 N–H and O–H groups in total. The second kappa shape index (κ2) is 10.2. The SMILES string of the molecule is COCCCc1cc(NC(=O)N2CCCc3cc(-c4ccnn4C)c(C=O)nc32)ncc1C#N. The highest BCUT2D eigenvalue weighted by molar-refractivity contribution is 6.02. The minimum Gasteiger partial charge on any atom is -0.385 e. The first-order valence-electron chi connectivity index (χ1n) is 11.0. The molecule has 1 aliphatic rings. The number of nitrogens with one attached hydrogen (secondary N) is 1. The van der Waals surface area contributed by atoms with Gasteiger partial charge in [0.05, 0.1) is 11.3 Å². The zero-order chi connectivity index (χ0) is 24.1. The van der Waals surface area contributed by atoms with Crippen molar-refractivity contribution in [1.82, 2.24) is 19.7 Å². The molecule has 1 aliphatic heterocycles. The van der Waals surface area contributed by atoms with Crippen LogP contribution in [-0.4, -0.2) is 52.3 Å². The van der Waals surface area contributed by atoms with Crippen molar-refractivity contribution in [1.29, 1.82) is 5.26 Å². The van der Waals surface area contributed by atoms with Crippen LogP contribution in [0.2, 0.25) is 0 Å². The molecule has 3 aromatic heterocycles. The van der Waals surface area contributed by atoms with E-state index in [4.69, 9.17) is 4.74 Å². The molecule has 0 radical (unpaired) electrons. The van der Waals surface area contributed by atoms with Crippen LogP contribution in [0.4, 0.5) is 16.4 Å². The average Bonchev–Trinajstić information content (AvgIpc) is 3.28. The van der Waals surface area contributed by atoms with E-state index >= 15 is 0 Å². The number of rotatable bonds is 7. The van der Waals surface area contributed by atoms with Gasteiger partial charge in [0.25, 0.3) is 0 Å². The summed E-state index contributed by atoms with van der Waals surface area (Å²) in [6, 6.07) is 7.20. The van der Waals surface area contributed by atoms with E-state index in [1.807, 2.05) is 12.1 Å². The molecule has 174 valence electrons. The zero-order valence-corrected chi connectivity index (χ0v) is 19.1. The quantitative estimate of drug-likeness (QED) is 0.425. The highest BCUT2D eigenvalue weighted by atomic mass is 16.5. The molecule has 2 amide bonds. The van der Waals surface area contributed by atoms with Crippen LogP contribution < -0.4 is 10.2 Å². The van der Waals surface area contributed by atoms with Crippen LogP contribution in [0.5, 0.6) is 0 Å². The molecular weight excluding hydrogens is 434 g/mol. The number of amides is 2. The summed E-state index contributed by atoms with van der Waals surface area (Å²) in [5.41, 5.74) is 3.87. The molecule has 4 rings (SSSR count). The molecule has 0 saturated carbocycles. The van der Waals surface area contributed by atoms with Gasteiger partial charge < -0.3 is 4.74 Å². The third kappa shape index (κ3) is 4.65. The Morgan fingerprint density at radius 2 is 2.24 bits per heavy atom. The molecule has 0 bridgehead atoms. The Morgan fingerprint density at radius 1 is 1.38 bits per heavy atom. The summed E-state index contributed by atoms with van der Waals surface area (Å²) in [6.45, 7) is 1.04. The minimum absolute atomic E-state index is 0.249. The van der Waals surface area contributed by atoms with E-state index in [0.717, 1.165) is 36.1 Å². The smallest absolute Gasteiger partial charge is 0.328 e. The van der Waals surface area contributed by atoms with Gasteiger partial charge in [-0.15, -0.1) is 0 Å². The number of hydrogen-bond donors (Lipinski definition) is 1. The number of aromatic nitrogens is 4. The van der Waals surface area contributed by atoms with Crippen LogP contribution in [0.1, 0.15) is 40.0 Å². The van der Waals surface area contributed by atoms with Crippen LogP contribution >= 0.6 is 0 Å². The van der Waals surface area contributed by atoms with Gasteiger partial charge in [-0.25, -0.2) is 14.8 Å². The summed E-state index contributed by atoms with van der Waals surface area (Å²) in [6.07, 6.45) is 6.71. The fourth-order valence-electron chi connectivity index (χ4n) is 4.10. The lowest BCUT2D eigenvalue weighted by atomic mass is 10.0. The number of fused-ring (bicyclic) bond motifs is 1. The van der Waals surface area contributed by atoms with Crippen molar-refractivity contribution in [3.63, 3.8) is 0 Å². The van der Waals surface area contributed by atoms with Gasteiger partial charge >= 0.3 is 6.03 Å². The Morgan fingerprint density at radius 3 is 2.94 bits per heavy atom. The first kappa shape index (κ1) is 23.1. The molecule has 3 aromatic rings. The van der Waals surface area contributed by atoms with Gasteiger partial charge in [0, 0.05) is 45.3 Å². The molecular formula is C24H25N7O3. The van der Waals surface area contributed by atoms with E-state index in [0.29, 0.717) is 48.6 Å². The number of carbonyl (C=O) groups is 2. The minimum atomic E-state index is -0.390. The first-order valence-corrected chi connectivity index (χ1v) is 11.0. The third-order valence-electron chi connectivity index (χ3n) is 5.78. The van der Waals surface area contributed by atoms with Gasteiger partial charge in [-0.05, 0) is 55.0 Å². The monoisotopic (exact) mass is 459 g/mol. The van der Waals surface area contributed by atoms with E-state index in [-0.39, 0.29) is 5.69 Å². The Kier molecular flexibility index (Phi) is 6.94. The summed E-state index contributed by atoms with van der Waals surface area (Å²) in [7, 11) is 3.43. The van der Waals surface area contributed by atoms with Gasteiger partial charge in [-0.1, -0.05) is 0 Å². The predicted molar refractivity (Wildman–Crippen MR) is 126 cm³/mol. The molecule has 0 spiro atoms. The number of carbonyl (C=O) groups excluding carboxylic acids is 2. The lowest BCUT2D eigenvalue weighted by Gasteiger charge is -2.29. The lowest BCUT2D eigenvalue weighted by molar-refractivity contribution is 0.111. The standard InChI is InChI=1S/C24H25N7O3/c1-30-21(7-8-27-30)19-11-17-5-3-9-31(23(17)28-20(19)15-32)24(33)29-22-12-16(6-4-10-34-2)18(13-25)14-26-22/h7-8,11-12,14-15H,3-6,9-10H2,1-2H3,(H,26,29,33). The molecule has 4 heterocycles. The Labute approximate surface area is 197 Å². The Balaban J connectivity index is 1.60. The van der Waals surface area contributed by atoms with E-state index in [1.54, 1.807) is 31.1 Å². The number of aldehydes is 1. The maximum atomic E-state index is 13.2. The molecule has 10 heteroatoms. The Bertz CT molecular complexity index is 1260. The molecule has 0 fully saturated rings. The van der Waals surface area contributed by atoms with Crippen molar-refractivity contribution in [2.45, 2.75) is 25.7 Å². The van der Waals surface area contributed by atoms with Gasteiger partial charge in [0.15, 0.2) is 6.29 Å². The number of nitrogens with zero attached hydrogens (tertiary/aromatic N) is 6. The number of ether oxygens (including phenoxy) is 1. The maximum Gasteiger partial charge on any atom is 0.328 e. The van der Waals surface area contributed by atoms with Crippen molar-refractivity contribution in [3.8, 4) is 17.3 Å². The molecule has 0 unspecified atom stereocenters. The number of hydrogen-bond acceptors (Lipinski definition) is 7. The van der Waals surface area contributed by atoms with E-state index in [1.165, 1.54) is 11.1 Å². The Hall–Kier alpha value is -4.10. The largest absolute Gasteiger partial charge is 0.385 e. The highest BCUT2D eigenvalue weighted by Gasteiger charge is 2.27. The molecule has 0 aliphatic carbocycles. The van der Waals surface area contributed by atoms with Gasteiger partial charge in [0.2, 0.25) is 0 Å².